The van der Waals surface area contributed by atoms with E-state index in [0.29, 0.717) is 6.54 Å². The highest BCUT2D eigenvalue weighted by Gasteiger charge is 2.15. The lowest BCUT2D eigenvalue weighted by Crippen LogP contribution is -2.37. The Morgan fingerprint density at radius 3 is 2.62 bits per heavy atom. The first-order valence-corrected chi connectivity index (χ1v) is 6.60. The first-order valence-electron chi connectivity index (χ1n) is 5.32. The van der Waals surface area contributed by atoms with Crippen molar-refractivity contribution in [2.45, 2.75) is 31.7 Å². The fourth-order valence-electron chi connectivity index (χ4n) is 1.43. The van der Waals surface area contributed by atoms with E-state index in [2.05, 4.69) is 22.4 Å². The van der Waals surface area contributed by atoms with E-state index in [1.54, 1.807) is 11.8 Å². The van der Waals surface area contributed by atoms with Crippen LogP contribution in [0.1, 0.15) is 18.6 Å². The summed E-state index contributed by atoms with van der Waals surface area (Å²) in [5, 5.41) is 20.8. The second kappa shape index (κ2) is 6.22. The molecule has 1 rings (SSSR count). The van der Waals surface area contributed by atoms with Crippen molar-refractivity contribution in [2.75, 3.05) is 12.9 Å². The average molecular weight is 244 g/mol. The van der Waals surface area contributed by atoms with Crippen molar-refractivity contribution in [3.8, 4) is 0 Å². The Balaban J connectivity index is 2.48. The van der Waals surface area contributed by atoms with E-state index in [1.165, 1.54) is 0 Å². The van der Waals surface area contributed by atoms with Crippen LogP contribution in [0.5, 0.6) is 0 Å². The zero-order chi connectivity index (χ0) is 12.1. The van der Waals surface area contributed by atoms with Crippen LogP contribution in [0.15, 0.2) is 0 Å². The predicted molar refractivity (Wildman–Crippen MR) is 66.4 cm³/mol. The van der Waals surface area contributed by atoms with E-state index in [1.807, 2.05) is 24.8 Å². The third kappa shape index (κ3) is 3.20. The molecule has 0 aliphatic heterocycles. The molecule has 0 spiro atoms. The van der Waals surface area contributed by atoms with Crippen LogP contribution >= 0.6 is 11.8 Å². The minimum absolute atomic E-state index is 0.188. The molecule has 0 aromatic carbocycles. The highest BCUT2D eigenvalue weighted by atomic mass is 32.2. The summed E-state index contributed by atoms with van der Waals surface area (Å²) in [5.74, 6) is 1.83. The van der Waals surface area contributed by atoms with Crippen molar-refractivity contribution < 1.29 is 5.11 Å². The topological polar surface area (TPSA) is 63.0 Å². The second-order valence-electron chi connectivity index (χ2n) is 3.85. The van der Waals surface area contributed by atoms with Gasteiger partial charge >= 0.3 is 0 Å². The number of aryl methyl sites for hydroxylation is 1. The first-order chi connectivity index (χ1) is 7.60. The highest BCUT2D eigenvalue weighted by molar-refractivity contribution is 7.99. The normalized spacial score (nSPS) is 15.1. The Morgan fingerprint density at radius 1 is 1.50 bits per heavy atom. The minimum Gasteiger partial charge on any atom is -0.395 e. The van der Waals surface area contributed by atoms with Gasteiger partial charge in [0, 0.05) is 18.3 Å². The number of hydrogen-bond donors (Lipinski definition) is 2. The molecule has 16 heavy (non-hydrogen) atoms. The molecule has 2 unspecified atom stereocenters. The number of thioether (sulfide) groups is 1. The van der Waals surface area contributed by atoms with Gasteiger partial charge in [0.1, 0.15) is 11.6 Å². The first kappa shape index (κ1) is 13.5. The molecule has 6 heteroatoms. The molecule has 0 radical (unpaired) electrons. The molecular formula is C10H20N4OS. The Hall–Kier alpha value is -0.590. The zero-order valence-electron chi connectivity index (χ0n) is 10.3. The molecule has 0 bridgehead atoms. The molecule has 0 amide bonds. The van der Waals surface area contributed by atoms with Crippen LogP contribution in [0.25, 0.3) is 0 Å². The smallest absolute Gasteiger partial charge is 0.146 e. The molecule has 1 aromatic heterocycles. The minimum atomic E-state index is 0.188. The maximum absolute atomic E-state index is 9.16. The largest absolute Gasteiger partial charge is 0.395 e. The van der Waals surface area contributed by atoms with E-state index in [-0.39, 0.29) is 17.9 Å². The van der Waals surface area contributed by atoms with E-state index in [9.17, 15) is 0 Å². The van der Waals surface area contributed by atoms with Crippen LogP contribution in [-0.2, 0) is 13.6 Å². The molecule has 2 atom stereocenters. The number of nitrogens with zero attached hydrogens (tertiary/aromatic N) is 3. The van der Waals surface area contributed by atoms with Crippen LogP contribution in [0.4, 0.5) is 0 Å². The third-order valence-corrected chi connectivity index (χ3v) is 3.97. The van der Waals surface area contributed by atoms with Crippen LogP contribution < -0.4 is 5.32 Å². The summed E-state index contributed by atoms with van der Waals surface area (Å²) < 4.78 is 1.97. The van der Waals surface area contributed by atoms with Gasteiger partial charge in [0.15, 0.2) is 0 Å². The maximum atomic E-state index is 9.16. The fraction of sp³-hybridized carbons (Fsp3) is 0.800. The van der Waals surface area contributed by atoms with Gasteiger partial charge in [-0.3, -0.25) is 0 Å². The molecule has 0 aliphatic carbocycles. The molecule has 1 aromatic rings. The predicted octanol–water partition coefficient (Wildman–Crippen LogP) is 0.326. The van der Waals surface area contributed by atoms with E-state index >= 15 is 0 Å². The van der Waals surface area contributed by atoms with Crippen LogP contribution in [0.2, 0.25) is 0 Å². The van der Waals surface area contributed by atoms with E-state index in [4.69, 9.17) is 5.11 Å². The van der Waals surface area contributed by atoms with Gasteiger partial charge in [0.25, 0.3) is 0 Å². The second-order valence-corrected chi connectivity index (χ2v) is 4.93. The van der Waals surface area contributed by atoms with Crippen molar-refractivity contribution in [2.24, 2.45) is 7.05 Å². The summed E-state index contributed by atoms with van der Waals surface area (Å²) in [6.07, 6.45) is 2.01. The van der Waals surface area contributed by atoms with Gasteiger partial charge in [0.2, 0.25) is 0 Å². The zero-order valence-corrected chi connectivity index (χ0v) is 11.1. The summed E-state index contributed by atoms with van der Waals surface area (Å²) in [6.45, 7) is 4.86. The van der Waals surface area contributed by atoms with Gasteiger partial charge in [-0.25, -0.2) is 0 Å². The van der Waals surface area contributed by atoms with Gasteiger partial charge in [-0.2, -0.15) is 11.8 Å². The SMILES string of the molecule is CSC(CO)C(C)NCc1nnc(C)n1C. The molecule has 0 saturated heterocycles. The molecule has 0 aliphatic rings. The number of hydrogen-bond acceptors (Lipinski definition) is 5. The molecule has 5 nitrogen and oxygen atoms in total. The van der Waals surface area contributed by atoms with Crippen molar-refractivity contribution in [3.05, 3.63) is 11.6 Å². The van der Waals surface area contributed by atoms with Crippen molar-refractivity contribution in [1.29, 1.82) is 0 Å². The Labute approximate surface area is 101 Å². The number of rotatable bonds is 6. The van der Waals surface area contributed by atoms with Gasteiger partial charge < -0.3 is 15.0 Å². The standard InChI is InChI=1S/C10H20N4OS/c1-7(9(6-15)16-4)11-5-10-13-12-8(2)14(10)3/h7,9,11,15H,5-6H2,1-4H3. The van der Waals surface area contributed by atoms with Gasteiger partial charge in [0.05, 0.1) is 13.2 Å². The lowest BCUT2D eigenvalue weighted by molar-refractivity contribution is 0.275. The molecule has 2 N–H and O–H groups in total. The van der Waals surface area contributed by atoms with Gasteiger partial charge in [-0.15, -0.1) is 10.2 Å². The lowest BCUT2D eigenvalue weighted by Gasteiger charge is -2.20. The lowest BCUT2D eigenvalue weighted by atomic mass is 10.2. The average Bonchev–Trinajstić information content (AvgIpc) is 2.59. The monoisotopic (exact) mass is 244 g/mol. The third-order valence-electron chi connectivity index (χ3n) is 2.81. The van der Waals surface area contributed by atoms with Crippen LogP contribution in [-0.4, -0.2) is 44.0 Å². The van der Waals surface area contributed by atoms with E-state index < -0.39 is 0 Å². The molecule has 0 fully saturated rings. The molecular weight excluding hydrogens is 224 g/mol. The van der Waals surface area contributed by atoms with Crippen LogP contribution in [0, 0.1) is 6.92 Å². The van der Waals surface area contributed by atoms with Gasteiger partial charge in [-0.05, 0) is 20.1 Å². The number of aromatic nitrogens is 3. The highest BCUT2D eigenvalue weighted by Crippen LogP contribution is 2.10. The summed E-state index contributed by atoms with van der Waals surface area (Å²) in [7, 11) is 1.95. The fourth-order valence-corrected chi connectivity index (χ4v) is 2.08. The van der Waals surface area contributed by atoms with Crippen molar-refractivity contribution in [1.82, 2.24) is 20.1 Å². The van der Waals surface area contributed by atoms with Gasteiger partial charge in [-0.1, -0.05) is 0 Å². The quantitative estimate of drug-likeness (QED) is 0.755. The molecule has 1 heterocycles. The Kier molecular flexibility index (Phi) is 5.24. The van der Waals surface area contributed by atoms with Crippen molar-refractivity contribution in [3.63, 3.8) is 0 Å². The van der Waals surface area contributed by atoms with Crippen LogP contribution in [0.3, 0.4) is 0 Å². The summed E-state index contributed by atoms with van der Waals surface area (Å²) in [5.41, 5.74) is 0. The van der Waals surface area contributed by atoms with Crippen molar-refractivity contribution >= 4 is 11.8 Å². The number of aliphatic hydroxyl groups is 1. The summed E-state index contributed by atoms with van der Waals surface area (Å²) >= 11 is 1.67. The maximum Gasteiger partial charge on any atom is 0.146 e. The number of nitrogens with one attached hydrogen (secondary N) is 1. The van der Waals surface area contributed by atoms with E-state index in [0.717, 1.165) is 11.6 Å². The Bertz CT molecular complexity index is 325. The molecule has 0 saturated carbocycles. The summed E-state index contributed by atoms with van der Waals surface area (Å²) in [4.78, 5) is 0. The Morgan fingerprint density at radius 2 is 2.19 bits per heavy atom. The molecule has 92 valence electrons. The summed E-state index contributed by atoms with van der Waals surface area (Å²) in [6, 6.07) is 0.247. The number of aliphatic hydroxyl groups excluding tert-OH is 1.